The predicted molar refractivity (Wildman–Crippen MR) is 268 cm³/mol. The molecule has 12 rings (SSSR count). The highest BCUT2D eigenvalue weighted by molar-refractivity contribution is 6.14. The number of anilines is 3. The van der Waals surface area contributed by atoms with E-state index in [0.29, 0.717) is 5.92 Å². The summed E-state index contributed by atoms with van der Waals surface area (Å²) in [5, 5.41) is 10.1. The molecular formula is C61H47NO. The smallest absolute Gasteiger partial charge is 0.143 e. The molecule has 0 unspecified atom stereocenters. The van der Waals surface area contributed by atoms with Gasteiger partial charge < -0.3 is 9.32 Å². The monoisotopic (exact) mass is 809 g/mol. The van der Waals surface area contributed by atoms with Gasteiger partial charge in [0, 0.05) is 33.1 Å². The normalized spacial score (nSPS) is 13.4. The zero-order chi connectivity index (χ0) is 41.9. The molecule has 2 nitrogen and oxygen atoms in total. The number of para-hydroxylation sites is 2. The molecule has 0 saturated heterocycles. The summed E-state index contributed by atoms with van der Waals surface area (Å²) in [5.41, 5.74) is 15.2. The molecule has 0 atom stereocenters. The Morgan fingerprint density at radius 2 is 0.984 bits per heavy atom. The Labute approximate surface area is 368 Å². The number of rotatable bonds is 7. The van der Waals surface area contributed by atoms with Gasteiger partial charge in [-0.2, -0.15) is 0 Å². The van der Waals surface area contributed by atoms with Gasteiger partial charge in [-0.1, -0.05) is 177 Å². The molecule has 63 heavy (non-hydrogen) atoms. The van der Waals surface area contributed by atoms with Crippen LogP contribution >= 0.6 is 0 Å². The van der Waals surface area contributed by atoms with Crippen molar-refractivity contribution in [1.29, 1.82) is 0 Å². The van der Waals surface area contributed by atoms with E-state index < -0.39 is 0 Å². The zero-order valence-electron chi connectivity index (χ0n) is 35.5. The quantitative estimate of drug-likeness (QED) is 0.149. The van der Waals surface area contributed by atoms with Gasteiger partial charge in [0.15, 0.2) is 0 Å². The first kappa shape index (κ1) is 37.4. The van der Waals surface area contributed by atoms with Gasteiger partial charge in [0.2, 0.25) is 0 Å². The lowest BCUT2D eigenvalue weighted by atomic mass is 9.81. The van der Waals surface area contributed by atoms with Gasteiger partial charge in [0.05, 0.1) is 5.69 Å². The first-order valence-electron chi connectivity index (χ1n) is 22.6. The Kier molecular flexibility index (Phi) is 9.18. The summed E-state index contributed by atoms with van der Waals surface area (Å²) >= 11 is 0. The fraction of sp³-hybridized carbons (Fsp3) is 0.115. The van der Waals surface area contributed by atoms with Crippen LogP contribution in [0.15, 0.2) is 205 Å². The molecule has 0 aliphatic heterocycles. The average molecular weight is 810 g/mol. The molecule has 1 aromatic heterocycles. The first-order valence-corrected chi connectivity index (χ1v) is 22.6. The van der Waals surface area contributed by atoms with Crippen LogP contribution in [0.5, 0.6) is 0 Å². The van der Waals surface area contributed by atoms with Crippen LogP contribution < -0.4 is 4.90 Å². The Balaban J connectivity index is 0.987. The molecule has 0 bridgehead atoms. The SMILES string of the molecule is Cc1cc(-c2cccc3ccccc23)ccc1-c1ccc(N(c2ccc(-c3cccc4c3oc3ccccc34)cc2)c2cccc3c2cc(C2CCCCC2)c2ccccc23)cc1. The summed E-state index contributed by atoms with van der Waals surface area (Å²) in [5.74, 6) is 0.573. The molecule has 0 radical (unpaired) electrons. The van der Waals surface area contributed by atoms with Crippen LogP contribution in [-0.2, 0) is 0 Å². The highest BCUT2D eigenvalue weighted by atomic mass is 16.3. The summed E-state index contributed by atoms with van der Waals surface area (Å²) in [6.45, 7) is 2.24. The van der Waals surface area contributed by atoms with Crippen molar-refractivity contribution in [2.24, 2.45) is 0 Å². The zero-order valence-corrected chi connectivity index (χ0v) is 35.5. The molecule has 1 aliphatic rings. The van der Waals surface area contributed by atoms with Gasteiger partial charge >= 0.3 is 0 Å². The summed E-state index contributed by atoms with van der Waals surface area (Å²) in [4.78, 5) is 2.47. The van der Waals surface area contributed by atoms with Crippen molar-refractivity contribution in [2.75, 3.05) is 4.90 Å². The Morgan fingerprint density at radius 3 is 1.76 bits per heavy atom. The van der Waals surface area contributed by atoms with Crippen molar-refractivity contribution < 1.29 is 4.42 Å². The van der Waals surface area contributed by atoms with Crippen molar-refractivity contribution in [3.63, 3.8) is 0 Å². The van der Waals surface area contributed by atoms with Crippen LogP contribution in [0.1, 0.15) is 49.1 Å². The van der Waals surface area contributed by atoms with E-state index in [9.17, 15) is 0 Å². The first-order chi connectivity index (χ1) is 31.2. The topological polar surface area (TPSA) is 16.4 Å². The van der Waals surface area contributed by atoms with Gasteiger partial charge in [-0.15, -0.1) is 0 Å². The van der Waals surface area contributed by atoms with Crippen LogP contribution in [0, 0.1) is 6.92 Å². The molecule has 2 heteroatoms. The van der Waals surface area contributed by atoms with Crippen molar-refractivity contribution in [3.8, 4) is 33.4 Å². The van der Waals surface area contributed by atoms with Gasteiger partial charge in [-0.05, 0) is 134 Å². The third-order valence-electron chi connectivity index (χ3n) is 13.8. The maximum Gasteiger partial charge on any atom is 0.143 e. The number of aryl methyl sites for hydroxylation is 1. The summed E-state index contributed by atoms with van der Waals surface area (Å²) in [6.07, 6.45) is 6.45. The number of hydrogen-bond acceptors (Lipinski definition) is 2. The second-order valence-electron chi connectivity index (χ2n) is 17.5. The Hall–Kier alpha value is -7.42. The van der Waals surface area contributed by atoms with E-state index in [2.05, 4.69) is 206 Å². The van der Waals surface area contributed by atoms with Crippen LogP contribution in [0.3, 0.4) is 0 Å². The lowest BCUT2D eigenvalue weighted by molar-refractivity contribution is 0.446. The standard InChI is InChI=1S/C61H47NO/c1-40-38-45(50-22-11-17-41-16-5-6-18-49(41)50)32-37-48(40)43-28-33-46(34-29-43)62(47-35-30-44(31-36-47)51-23-12-25-56-55-21-9-10-27-60(55)63-61(51)56)59-26-13-24-54-52-19-7-8-20-53(52)57(39-58(54)59)42-14-3-2-4-15-42/h5-13,16-39,42H,2-4,14-15H2,1H3. The van der Waals surface area contributed by atoms with E-state index >= 15 is 0 Å². The van der Waals surface area contributed by atoms with Gasteiger partial charge in [-0.25, -0.2) is 0 Å². The molecule has 0 spiro atoms. The summed E-state index contributed by atoms with van der Waals surface area (Å²) in [6, 6.07) is 73.8. The van der Waals surface area contributed by atoms with Crippen molar-refractivity contribution >= 4 is 71.3 Å². The minimum Gasteiger partial charge on any atom is -0.455 e. The second-order valence-corrected chi connectivity index (χ2v) is 17.5. The van der Waals surface area contributed by atoms with E-state index in [4.69, 9.17) is 4.42 Å². The van der Waals surface area contributed by atoms with Crippen LogP contribution in [0.4, 0.5) is 17.1 Å². The fourth-order valence-electron chi connectivity index (χ4n) is 10.7. The average Bonchev–Trinajstić information content (AvgIpc) is 3.74. The molecule has 1 heterocycles. The molecular weight excluding hydrogens is 763 g/mol. The largest absolute Gasteiger partial charge is 0.455 e. The number of benzene rings is 10. The molecule has 1 saturated carbocycles. The molecule has 302 valence electrons. The third kappa shape index (κ3) is 6.48. The van der Waals surface area contributed by atoms with Crippen LogP contribution in [0.25, 0.3) is 87.6 Å². The lowest BCUT2D eigenvalue weighted by Crippen LogP contribution is -2.11. The number of fused-ring (bicyclic) bond motifs is 7. The number of furan rings is 1. The Bertz CT molecular complexity index is 3490. The minimum absolute atomic E-state index is 0.573. The van der Waals surface area contributed by atoms with Crippen LogP contribution in [0.2, 0.25) is 0 Å². The predicted octanol–water partition coefficient (Wildman–Crippen LogP) is 17.9. The highest BCUT2D eigenvalue weighted by Gasteiger charge is 2.23. The second kappa shape index (κ2) is 15.5. The maximum atomic E-state index is 6.49. The van der Waals surface area contributed by atoms with E-state index in [1.54, 1.807) is 0 Å². The van der Waals surface area contributed by atoms with Crippen LogP contribution in [-0.4, -0.2) is 0 Å². The number of nitrogens with zero attached hydrogens (tertiary/aromatic N) is 1. The van der Waals surface area contributed by atoms with Crippen molar-refractivity contribution in [3.05, 3.63) is 211 Å². The van der Waals surface area contributed by atoms with Gasteiger partial charge in [0.25, 0.3) is 0 Å². The summed E-state index contributed by atoms with van der Waals surface area (Å²) < 4.78 is 6.49. The lowest BCUT2D eigenvalue weighted by Gasteiger charge is -2.29. The molecule has 11 aromatic rings. The van der Waals surface area contributed by atoms with Gasteiger partial charge in [-0.3, -0.25) is 0 Å². The molecule has 1 aliphatic carbocycles. The summed E-state index contributed by atoms with van der Waals surface area (Å²) in [7, 11) is 0. The highest BCUT2D eigenvalue weighted by Crippen LogP contribution is 2.46. The van der Waals surface area contributed by atoms with Crippen molar-refractivity contribution in [1.82, 2.24) is 0 Å². The van der Waals surface area contributed by atoms with E-state index in [1.807, 2.05) is 6.07 Å². The van der Waals surface area contributed by atoms with E-state index in [1.165, 1.54) is 103 Å². The van der Waals surface area contributed by atoms with Gasteiger partial charge in [0.1, 0.15) is 11.2 Å². The van der Waals surface area contributed by atoms with Crippen molar-refractivity contribution in [2.45, 2.75) is 44.9 Å². The molecule has 0 amide bonds. The maximum absolute atomic E-state index is 6.49. The minimum atomic E-state index is 0.573. The molecule has 1 fully saturated rings. The molecule has 10 aromatic carbocycles. The molecule has 0 N–H and O–H groups in total. The fourth-order valence-corrected chi connectivity index (χ4v) is 10.7. The van der Waals surface area contributed by atoms with E-state index in [0.717, 1.165) is 44.4 Å². The van der Waals surface area contributed by atoms with E-state index in [-0.39, 0.29) is 0 Å². The Morgan fingerprint density at radius 1 is 0.413 bits per heavy atom. The third-order valence-corrected chi connectivity index (χ3v) is 13.8. The number of hydrogen-bond donors (Lipinski definition) is 0.